The van der Waals surface area contributed by atoms with E-state index in [2.05, 4.69) is 88.7 Å². The van der Waals surface area contributed by atoms with Crippen LogP contribution in [0.15, 0.2) is 78.9 Å². The molecule has 0 amide bonds. The number of likely N-dealkylation sites (tertiary alicyclic amines) is 1. The van der Waals surface area contributed by atoms with Crippen LogP contribution in [0, 0.1) is 11.3 Å². The van der Waals surface area contributed by atoms with E-state index in [1.807, 2.05) is 6.07 Å². The van der Waals surface area contributed by atoms with Gasteiger partial charge in [-0.1, -0.05) is 66.7 Å². The lowest BCUT2D eigenvalue weighted by Crippen LogP contribution is -2.60. The maximum absolute atomic E-state index is 9.13. The Morgan fingerprint density at radius 2 is 1.48 bits per heavy atom. The van der Waals surface area contributed by atoms with Gasteiger partial charge in [-0.3, -0.25) is 9.80 Å². The summed E-state index contributed by atoms with van der Waals surface area (Å²) in [4.78, 5) is 5.22. The number of hydrogen-bond acceptors (Lipinski definition) is 3. The third-order valence-corrected chi connectivity index (χ3v) is 6.38. The highest BCUT2D eigenvalue weighted by molar-refractivity contribution is 5.39. The van der Waals surface area contributed by atoms with Crippen molar-refractivity contribution in [3.8, 4) is 6.07 Å². The summed E-state index contributed by atoms with van der Waals surface area (Å²) in [5.74, 6) is 0. The van der Waals surface area contributed by atoms with Gasteiger partial charge in [0.2, 0.25) is 0 Å². The lowest BCUT2D eigenvalue weighted by atomic mass is 9.91. The molecule has 0 aliphatic carbocycles. The first-order valence-electron chi connectivity index (χ1n) is 10.4. The molecule has 2 aliphatic heterocycles. The van der Waals surface area contributed by atoms with Crippen LogP contribution in [0.5, 0.6) is 0 Å². The van der Waals surface area contributed by atoms with Crippen molar-refractivity contribution < 1.29 is 0 Å². The minimum Gasteiger partial charge on any atom is -0.293 e. The van der Waals surface area contributed by atoms with Crippen LogP contribution in [-0.4, -0.2) is 35.5 Å². The highest BCUT2D eigenvalue weighted by Gasteiger charge is 2.38. The Morgan fingerprint density at radius 3 is 2.10 bits per heavy atom. The van der Waals surface area contributed by atoms with Gasteiger partial charge >= 0.3 is 0 Å². The molecule has 144 valence electrons. The van der Waals surface area contributed by atoms with Gasteiger partial charge in [-0.05, 0) is 40.8 Å². The van der Waals surface area contributed by atoms with Gasteiger partial charge < -0.3 is 0 Å². The molecule has 3 aromatic carbocycles. The van der Waals surface area contributed by atoms with E-state index in [4.69, 9.17) is 5.26 Å². The van der Waals surface area contributed by atoms with Crippen LogP contribution >= 0.6 is 0 Å². The average molecular weight is 380 g/mol. The Kier molecular flexibility index (Phi) is 4.89. The summed E-state index contributed by atoms with van der Waals surface area (Å²) < 4.78 is 0. The van der Waals surface area contributed by atoms with E-state index < -0.39 is 0 Å². The van der Waals surface area contributed by atoms with Crippen LogP contribution in [0.3, 0.4) is 0 Å². The molecule has 3 heteroatoms. The predicted octanol–water partition coefficient (Wildman–Crippen LogP) is 4.39. The van der Waals surface area contributed by atoms with Crippen molar-refractivity contribution in [3.05, 3.63) is 107 Å². The molecule has 0 aromatic heterocycles. The molecule has 0 saturated carbocycles. The molecule has 2 heterocycles. The van der Waals surface area contributed by atoms with E-state index in [1.165, 1.54) is 22.3 Å². The second-order valence-corrected chi connectivity index (χ2v) is 8.15. The zero-order valence-electron chi connectivity index (χ0n) is 16.5. The average Bonchev–Trinajstić information content (AvgIpc) is 2.76. The first kappa shape index (κ1) is 18.1. The second kappa shape index (κ2) is 7.83. The van der Waals surface area contributed by atoms with Crippen molar-refractivity contribution >= 4 is 0 Å². The van der Waals surface area contributed by atoms with Crippen LogP contribution in [0.4, 0.5) is 0 Å². The van der Waals surface area contributed by atoms with E-state index >= 15 is 0 Å². The van der Waals surface area contributed by atoms with Crippen LogP contribution in [0.2, 0.25) is 0 Å². The summed E-state index contributed by atoms with van der Waals surface area (Å²) >= 11 is 0. The zero-order chi connectivity index (χ0) is 19.6. The molecule has 0 unspecified atom stereocenters. The van der Waals surface area contributed by atoms with Gasteiger partial charge in [0.15, 0.2) is 0 Å². The smallest absolute Gasteiger partial charge is 0.0991 e. The third-order valence-electron chi connectivity index (χ3n) is 6.38. The number of hydrogen-bond donors (Lipinski definition) is 0. The molecule has 0 atom stereocenters. The Hall–Kier alpha value is -2.93. The molecular formula is C26H25N3. The number of benzene rings is 3. The van der Waals surface area contributed by atoms with Gasteiger partial charge in [0.25, 0.3) is 0 Å². The number of fused-ring (bicyclic) bond motifs is 1. The van der Waals surface area contributed by atoms with Gasteiger partial charge in [-0.15, -0.1) is 0 Å². The van der Waals surface area contributed by atoms with Gasteiger partial charge in [0, 0.05) is 32.2 Å². The van der Waals surface area contributed by atoms with Crippen LogP contribution in [-0.2, 0) is 13.0 Å². The maximum Gasteiger partial charge on any atom is 0.0991 e. The fraction of sp³-hybridized carbons (Fsp3) is 0.269. The van der Waals surface area contributed by atoms with Crippen molar-refractivity contribution in [1.29, 1.82) is 5.26 Å². The summed E-state index contributed by atoms with van der Waals surface area (Å²) in [6.07, 6.45) is 1.04. The zero-order valence-corrected chi connectivity index (χ0v) is 16.5. The lowest BCUT2D eigenvalue weighted by molar-refractivity contribution is 0.00727. The molecule has 5 rings (SSSR count). The minimum atomic E-state index is 0.323. The van der Waals surface area contributed by atoms with E-state index in [-0.39, 0.29) is 0 Å². The molecule has 1 fully saturated rings. The van der Waals surface area contributed by atoms with E-state index in [1.54, 1.807) is 0 Å². The molecule has 0 N–H and O–H groups in total. The van der Waals surface area contributed by atoms with E-state index in [0.717, 1.165) is 38.2 Å². The van der Waals surface area contributed by atoms with E-state index in [0.29, 0.717) is 12.1 Å². The van der Waals surface area contributed by atoms with Gasteiger partial charge in [-0.2, -0.15) is 5.26 Å². The number of nitriles is 1. The first-order chi connectivity index (χ1) is 14.3. The summed E-state index contributed by atoms with van der Waals surface area (Å²) in [6.45, 7) is 4.28. The van der Waals surface area contributed by atoms with Gasteiger partial charge in [-0.25, -0.2) is 0 Å². The number of rotatable bonds is 4. The highest BCUT2D eigenvalue weighted by Crippen LogP contribution is 2.34. The summed E-state index contributed by atoms with van der Waals surface area (Å²) in [5, 5.41) is 9.13. The molecule has 0 spiro atoms. The minimum absolute atomic E-state index is 0.323. The molecule has 1 saturated heterocycles. The van der Waals surface area contributed by atoms with Crippen LogP contribution in [0.1, 0.15) is 33.9 Å². The summed E-state index contributed by atoms with van der Waals surface area (Å²) in [6, 6.07) is 31.1. The standard InChI is InChI=1S/C26H25N3/c27-16-20-11-12-24-17-28(14-13-23(24)15-20)25-18-29(19-25)26(21-7-3-1-4-8-21)22-9-5-2-6-10-22/h1-12,15,25-26H,13-14,17-19H2. The Balaban J connectivity index is 1.30. The van der Waals surface area contributed by atoms with Crippen molar-refractivity contribution in [3.63, 3.8) is 0 Å². The predicted molar refractivity (Wildman–Crippen MR) is 115 cm³/mol. The molecule has 0 bridgehead atoms. The normalized spacial score (nSPS) is 17.5. The number of nitrogens with zero attached hydrogens (tertiary/aromatic N) is 3. The SMILES string of the molecule is N#Cc1ccc2c(c1)CCN(C1CN(C(c3ccccc3)c3ccccc3)C1)C2. The first-order valence-corrected chi connectivity index (χ1v) is 10.4. The lowest BCUT2D eigenvalue weighted by Gasteiger charge is -2.50. The summed E-state index contributed by atoms with van der Waals surface area (Å²) in [7, 11) is 0. The van der Waals surface area contributed by atoms with Crippen LogP contribution < -0.4 is 0 Å². The fourth-order valence-corrected chi connectivity index (χ4v) is 4.77. The summed E-state index contributed by atoms with van der Waals surface area (Å²) in [5.41, 5.74) is 6.25. The third kappa shape index (κ3) is 3.58. The van der Waals surface area contributed by atoms with Gasteiger partial charge in [0.1, 0.15) is 0 Å². The second-order valence-electron chi connectivity index (χ2n) is 8.15. The topological polar surface area (TPSA) is 30.3 Å². The highest BCUT2D eigenvalue weighted by atomic mass is 15.3. The molecule has 2 aliphatic rings. The molecular weight excluding hydrogens is 354 g/mol. The molecule has 3 nitrogen and oxygen atoms in total. The Morgan fingerprint density at radius 1 is 0.828 bits per heavy atom. The van der Waals surface area contributed by atoms with Crippen molar-refractivity contribution in [2.45, 2.75) is 25.0 Å². The quantitative estimate of drug-likeness (QED) is 0.673. The Bertz CT molecular complexity index is 977. The van der Waals surface area contributed by atoms with Crippen molar-refractivity contribution in [2.75, 3.05) is 19.6 Å². The largest absolute Gasteiger partial charge is 0.293 e. The van der Waals surface area contributed by atoms with Crippen molar-refractivity contribution in [2.24, 2.45) is 0 Å². The molecule has 29 heavy (non-hydrogen) atoms. The maximum atomic E-state index is 9.13. The monoisotopic (exact) mass is 379 g/mol. The van der Waals surface area contributed by atoms with Gasteiger partial charge in [0.05, 0.1) is 17.7 Å². The molecule has 3 aromatic rings. The van der Waals surface area contributed by atoms with Crippen LogP contribution in [0.25, 0.3) is 0 Å². The van der Waals surface area contributed by atoms with Crippen molar-refractivity contribution in [1.82, 2.24) is 9.80 Å². The fourth-order valence-electron chi connectivity index (χ4n) is 4.77. The Labute approximate surface area is 172 Å². The van der Waals surface area contributed by atoms with E-state index in [9.17, 15) is 0 Å². The molecule has 0 radical (unpaired) electrons.